The van der Waals surface area contributed by atoms with Crippen LogP contribution in [-0.2, 0) is 0 Å². The summed E-state index contributed by atoms with van der Waals surface area (Å²) in [4.78, 5) is 8.74. The van der Waals surface area contributed by atoms with E-state index in [1.807, 2.05) is 25.2 Å². The minimum absolute atomic E-state index is 0.792. The first-order chi connectivity index (χ1) is 9.17. The predicted molar refractivity (Wildman–Crippen MR) is 84.5 cm³/mol. The lowest BCUT2D eigenvalue weighted by Gasteiger charge is -2.07. The summed E-state index contributed by atoms with van der Waals surface area (Å²) >= 11 is 0. The lowest BCUT2D eigenvalue weighted by molar-refractivity contribution is 0.660. The summed E-state index contributed by atoms with van der Waals surface area (Å²) in [6.07, 6.45) is 12.5. The smallest absolute Gasteiger partial charge is 0.0608 e. The molecule has 0 spiro atoms. The maximum Gasteiger partial charge on any atom is 0.0608 e. The number of hydrogen-bond donors (Lipinski definition) is 1. The Kier molecular flexibility index (Phi) is 6.86. The number of unbranched alkanes of at least 4 members (excludes halogenated alkanes) is 3. The summed E-state index contributed by atoms with van der Waals surface area (Å²) < 4.78 is 0. The Morgan fingerprint density at radius 1 is 1.32 bits per heavy atom. The lowest BCUT2D eigenvalue weighted by Crippen LogP contribution is -2.03. The van der Waals surface area contributed by atoms with Gasteiger partial charge in [0.2, 0.25) is 0 Å². The molecule has 0 aromatic carbocycles. The van der Waals surface area contributed by atoms with Crippen LogP contribution in [0.3, 0.4) is 0 Å². The van der Waals surface area contributed by atoms with Gasteiger partial charge in [0.25, 0.3) is 0 Å². The highest BCUT2D eigenvalue weighted by molar-refractivity contribution is 5.98. The van der Waals surface area contributed by atoms with Crippen LogP contribution in [0, 0.1) is 0 Å². The first-order valence-corrected chi connectivity index (χ1v) is 7.05. The van der Waals surface area contributed by atoms with Crippen LogP contribution in [-0.4, -0.2) is 12.4 Å². The van der Waals surface area contributed by atoms with E-state index < -0.39 is 0 Å². The maximum atomic E-state index is 5.69. The number of nitrogens with zero attached hydrogens (tertiary/aromatic N) is 2. The van der Waals surface area contributed by atoms with E-state index in [1.54, 1.807) is 0 Å². The highest BCUT2D eigenvalue weighted by atomic mass is 14.8. The topological polar surface area (TPSA) is 50.7 Å². The fraction of sp³-hybridized carbons (Fsp3) is 0.500. The molecule has 1 aliphatic carbocycles. The monoisotopic (exact) mass is 259 g/mol. The van der Waals surface area contributed by atoms with Crippen LogP contribution in [0.4, 0.5) is 0 Å². The third kappa shape index (κ3) is 5.69. The van der Waals surface area contributed by atoms with Crippen molar-refractivity contribution < 1.29 is 0 Å². The molecule has 19 heavy (non-hydrogen) atoms. The number of rotatable bonds is 7. The molecule has 0 atom stereocenters. The first-order valence-electron chi connectivity index (χ1n) is 7.05. The molecule has 0 amide bonds. The zero-order valence-corrected chi connectivity index (χ0v) is 12.2. The SMILES string of the molecule is C=N/C(CCCCCC)=C(C)\N=C1\C=CC(N)=CC1. The average molecular weight is 259 g/mol. The highest BCUT2D eigenvalue weighted by Crippen LogP contribution is 2.17. The van der Waals surface area contributed by atoms with E-state index in [0.29, 0.717) is 0 Å². The summed E-state index contributed by atoms with van der Waals surface area (Å²) in [5.74, 6) is 0. The van der Waals surface area contributed by atoms with Gasteiger partial charge in [0.1, 0.15) is 0 Å². The van der Waals surface area contributed by atoms with Crippen molar-refractivity contribution in [1.82, 2.24) is 0 Å². The van der Waals surface area contributed by atoms with Crippen LogP contribution in [0.25, 0.3) is 0 Å². The Morgan fingerprint density at radius 2 is 2.11 bits per heavy atom. The van der Waals surface area contributed by atoms with E-state index in [0.717, 1.165) is 42.1 Å². The third-order valence-corrected chi connectivity index (χ3v) is 3.20. The second kappa shape index (κ2) is 8.46. The molecule has 0 radical (unpaired) electrons. The van der Waals surface area contributed by atoms with Gasteiger partial charge in [0.15, 0.2) is 0 Å². The summed E-state index contributed by atoms with van der Waals surface area (Å²) in [6.45, 7) is 7.88. The van der Waals surface area contributed by atoms with Gasteiger partial charge in [-0.2, -0.15) is 0 Å². The molecule has 1 rings (SSSR count). The van der Waals surface area contributed by atoms with Crippen LogP contribution in [0.2, 0.25) is 0 Å². The van der Waals surface area contributed by atoms with Crippen LogP contribution >= 0.6 is 0 Å². The van der Waals surface area contributed by atoms with Crippen molar-refractivity contribution in [2.45, 2.75) is 52.4 Å². The molecule has 0 aromatic heterocycles. The molecular formula is C16H25N3. The Balaban J connectivity index is 2.63. The molecule has 0 heterocycles. The molecule has 3 heteroatoms. The summed E-state index contributed by atoms with van der Waals surface area (Å²) in [5.41, 5.74) is 9.51. The molecule has 0 aliphatic heterocycles. The lowest BCUT2D eigenvalue weighted by atomic mass is 10.1. The van der Waals surface area contributed by atoms with Gasteiger partial charge in [-0.25, -0.2) is 0 Å². The van der Waals surface area contributed by atoms with Gasteiger partial charge in [0.05, 0.1) is 11.4 Å². The Labute approximate surface area is 116 Å². The van der Waals surface area contributed by atoms with Crippen molar-refractivity contribution in [3.05, 3.63) is 35.3 Å². The number of allylic oxidation sites excluding steroid dienone is 5. The minimum atomic E-state index is 0.792. The van der Waals surface area contributed by atoms with E-state index in [2.05, 4.69) is 23.6 Å². The molecule has 2 N–H and O–H groups in total. The predicted octanol–water partition coefficient (Wildman–Crippen LogP) is 4.13. The Hall–Kier alpha value is -1.64. The largest absolute Gasteiger partial charge is 0.399 e. The molecule has 104 valence electrons. The van der Waals surface area contributed by atoms with Crippen molar-refractivity contribution in [2.75, 3.05) is 0 Å². The Bertz CT molecular complexity index is 425. The van der Waals surface area contributed by atoms with Gasteiger partial charge in [-0.15, -0.1) is 0 Å². The van der Waals surface area contributed by atoms with E-state index in [4.69, 9.17) is 5.73 Å². The van der Waals surface area contributed by atoms with Crippen molar-refractivity contribution in [1.29, 1.82) is 0 Å². The molecule has 1 aliphatic rings. The quantitative estimate of drug-likeness (QED) is 0.542. The van der Waals surface area contributed by atoms with Gasteiger partial charge in [-0.05, 0) is 38.6 Å². The normalized spacial score (nSPS) is 18.2. The second-order valence-electron chi connectivity index (χ2n) is 4.85. The van der Waals surface area contributed by atoms with Gasteiger partial charge in [0, 0.05) is 17.8 Å². The first kappa shape index (κ1) is 15.4. The van der Waals surface area contributed by atoms with Crippen molar-refractivity contribution in [2.24, 2.45) is 15.7 Å². The van der Waals surface area contributed by atoms with Crippen molar-refractivity contribution >= 4 is 12.4 Å². The van der Waals surface area contributed by atoms with Gasteiger partial charge in [-0.3, -0.25) is 9.98 Å². The molecule has 3 nitrogen and oxygen atoms in total. The second-order valence-corrected chi connectivity index (χ2v) is 4.85. The van der Waals surface area contributed by atoms with E-state index in [1.165, 1.54) is 19.3 Å². The van der Waals surface area contributed by atoms with E-state index in [-0.39, 0.29) is 0 Å². The van der Waals surface area contributed by atoms with Crippen molar-refractivity contribution in [3.63, 3.8) is 0 Å². The van der Waals surface area contributed by atoms with E-state index in [9.17, 15) is 0 Å². The minimum Gasteiger partial charge on any atom is -0.399 e. The standard InChI is InChI=1S/C16H25N3/c1-4-5-6-7-8-16(18-3)13(2)19-15-11-9-14(17)10-12-15/h9-11H,3-8,12,17H2,1-2H3/b16-13-,19-15-. The fourth-order valence-corrected chi connectivity index (χ4v) is 2.01. The van der Waals surface area contributed by atoms with Crippen LogP contribution in [0.15, 0.2) is 45.3 Å². The number of hydrogen-bond acceptors (Lipinski definition) is 3. The zero-order valence-electron chi connectivity index (χ0n) is 12.2. The number of nitrogens with two attached hydrogens (primary N) is 1. The molecule has 0 unspecified atom stereocenters. The van der Waals surface area contributed by atoms with Crippen LogP contribution in [0.5, 0.6) is 0 Å². The molecule has 0 saturated carbocycles. The summed E-state index contributed by atoms with van der Waals surface area (Å²) in [5, 5.41) is 0. The molecule has 0 saturated heterocycles. The average Bonchev–Trinajstić information content (AvgIpc) is 2.41. The molecule has 0 fully saturated rings. The van der Waals surface area contributed by atoms with E-state index >= 15 is 0 Å². The van der Waals surface area contributed by atoms with Crippen LogP contribution in [0.1, 0.15) is 52.4 Å². The van der Waals surface area contributed by atoms with Crippen molar-refractivity contribution in [3.8, 4) is 0 Å². The van der Waals surface area contributed by atoms with Gasteiger partial charge < -0.3 is 5.73 Å². The Morgan fingerprint density at radius 3 is 2.68 bits per heavy atom. The maximum absolute atomic E-state index is 5.69. The molecule has 0 bridgehead atoms. The summed E-state index contributed by atoms with van der Waals surface area (Å²) in [7, 11) is 0. The van der Waals surface area contributed by atoms with Gasteiger partial charge in [-0.1, -0.05) is 32.3 Å². The molecular weight excluding hydrogens is 234 g/mol. The van der Waals surface area contributed by atoms with Gasteiger partial charge >= 0.3 is 0 Å². The summed E-state index contributed by atoms with van der Waals surface area (Å²) in [6, 6.07) is 0. The fourth-order valence-electron chi connectivity index (χ4n) is 2.01. The van der Waals surface area contributed by atoms with Crippen LogP contribution < -0.4 is 5.73 Å². The highest BCUT2D eigenvalue weighted by Gasteiger charge is 2.03. The molecule has 0 aromatic rings. The number of aliphatic imine (C=N–C) groups is 2. The zero-order chi connectivity index (χ0) is 14.1. The third-order valence-electron chi connectivity index (χ3n) is 3.20.